The number of fused-ring (bicyclic) bond motifs is 1. The van der Waals surface area contributed by atoms with Gasteiger partial charge in [-0.25, -0.2) is 0 Å². The van der Waals surface area contributed by atoms with Gasteiger partial charge in [-0.15, -0.1) is 0 Å². The summed E-state index contributed by atoms with van der Waals surface area (Å²) in [6.07, 6.45) is 0.717. The van der Waals surface area contributed by atoms with Gasteiger partial charge in [0.15, 0.2) is 0 Å². The van der Waals surface area contributed by atoms with Crippen molar-refractivity contribution >= 4 is 23.2 Å². The molecule has 24 heavy (non-hydrogen) atoms. The standard InChI is InChI=1S/C20H22N2O2/c1-13(2)16-6-4-5-7-17(16)21-19(23)11-14-8-9-18-15(10-14)12-20(24)22(18)3/h4-10,13H,11-12H2,1-3H3,(H,21,23). The first kappa shape index (κ1) is 16.2. The summed E-state index contributed by atoms with van der Waals surface area (Å²) in [6.45, 7) is 4.22. The Labute approximate surface area is 142 Å². The molecule has 124 valence electrons. The van der Waals surface area contributed by atoms with Gasteiger partial charge < -0.3 is 10.2 Å². The molecule has 1 aliphatic heterocycles. The minimum Gasteiger partial charge on any atom is -0.326 e. The van der Waals surface area contributed by atoms with E-state index in [2.05, 4.69) is 19.2 Å². The summed E-state index contributed by atoms with van der Waals surface area (Å²) in [6, 6.07) is 13.7. The molecule has 1 aliphatic rings. The second-order valence-electron chi connectivity index (χ2n) is 6.56. The van der Waals surface area contributed by atoms with Crippen LogP contribution in [0.5, 0.6) is 0 Å². The van der Waals surface area contributed by atoms with E-state index in [0.717, 1.165) is 28.1 Å². The predicted molar refractivity (Wildman–Crippen MR) is 96.4 cm³/mol. The molecule has 0 radical (unpaired) electrons. The van der Waals surface area contributed by atoms with E-state index in [1.165, 1.54) is 0 Å². The molecule has 2 aromatic carbocycles. The highest BCUT2D eigenvalue weighted by Crippen LogP contribution is 2.29. The van der Waals surface area contributed by atoms with E-state index < -0.39 is 0 Å². The van der Waals surface area contributed by atoms with Crippen molar-refractivity contribution in [2.45, 2.75) is 32.6 Å². The number of hydrogen-bond donors (Lipinski definition) is 1. The van der Waals surface area contributed by atoms with Gasteiger partial charge in [-0.3, -0.25) is 9.59 Å². The van der Waals surface area contributed by atoms with Crippen LogP contribution in [0, 0.1) is 0 Å². The van der Waals surface area contributed by atoms with Crippen molar-refractivity contribution in [3.63, 3.8) is 0 Å². The van der Waals surface area contributed by atoms with Gasteiger partial charge in [0.1, 0.15) is 0 Å². The molecule has 0 aliphatic carbocycles. The van der Waals surface area contributed by atoms with Gasteiger partial charge in [0, 0.05) is 18.4 Å². The first-order valence-electron chi connectivity index (χ1n) is 8.23. The van der Waals surface area contributed by atoms with Crippen LogP contribution in [0.25, 0.3) is 0 Å². The Kier molecular flexibility index (Phi) is 4.38. The predicted octanol–water partition coefficient (Wildman–Crippen LogP) is 3.51. The van der Waals surface area contributed by atoms with E-state index in [1.807, 2.05) is 42.5 Å². The number of nitrogens with one attached hydrogen (secondary N) is 1. The first-order valence-corrected chi connectivity index (χ1v) is 8.23. The normalized spacial score (nSPS) is 13.3. The fraction of sp³-hybridized carbons (Fsp3) is 0.300. The molecular weight excluding hydrogens is 300 g/mol. The van der Waals surface area contributed by atoms with Crippen LogP contribution in [-0.2, 0) is 22.4 Å². The molecular formula is C20H22N2O2. The summed E-state index contributed by atoms with van der Waals surface area (Å²) in [5.74, 6) is 0.404. The van der Waals surface area contributed by atoms with E-state index in [9.17, 15) is 9.59 Å². The first-order chi connectivity index (χ1) is 11.5. The molecule has 1 heterocycles. The number of rotatable bonds is 4. The highest BCUT2D eigenvalue weighted by atomic mass is 16.2. The third kappa shape index (κ3) is 3.18. The zero-order valence-corrected chi connectivity index (χ0v) is 14.3. The van der Waals surface area contributed by atoms with Crippen molar-refractivity contribution in [3.8, 4) is 0 Å². The van der Waals surface area contributed by atoms with Crippen LogP contribution < -0.4 is 10.2 Å². The molecule has 0 fully saturated rings. The number of anilines is 2. The quantitative estimate of drug-likeness (QED) is 0.936. The second-order valence-corrected chi connectivity index (χ2v) is 6.56. The number of hydrogen-bond acceptors (Lipinski definition) is 2. The average Bonchev–Trinajstić information content (AvgIpc) is 2.81. The van der Waals surface area contributed by atoms with Crippen molar-refractivity contribution in [3.05, 3.63) is 59.2 Å². The Hall–Kier alpha value is -2.62. The smallest absolute Gasteiger partial charge is 0.231 e. The van der Waals surface area contributed by atoms with Crippen LogP contribution in [0.1, 0.15) is 36.5 Å². The highest BCUT2D eigenvalue weighted by Gasteiger charge is 2.24. The molecule has 0 unspecified atom stereocenters. The lowest BCUT2D eigenvalue weighted by Crippen LogP contribution is -2.20. The van der Waals surface area contributed by atoms with Gasteiger partial charge in [0.2, 0.25) is 11.8 Å². The maximum absolute atomic E-state index is 12.4. The van der Waals surface area contributed by atoms with Crippen molar-refractivity contribution in [1.29, 1.82) is 0 Å². The zero-order valence-electron chi connectivity index (χ0n) is 14.3. The van der Waals surface area contributed by atoms with Crippen LogP contribution in [0.2, 0.25) is 0 Å². The molecule has 0 saturated carbocycles. The number of amides is 2. The summed E-state index contributed by atoms with van der Waals surface area (Å²) in [4.78, 5) is 25.8. The molecule has 0 spiro atoms. The molecule has 4 nitrogen and oxygen atoms in total. The minimum absolute atomic E-state index is 0.0410. The molecule has 2 aromatic rings. The SMILES string of the molecule is CC(C)c1ccccc1NC(=O)Cc1ccc2c(c1)CC(=O)N2C. The molecule has 1 N–H and O–H groups in total. The lowest BCUT2D eigenvalue weighted by molar-refractivity contribution is -0.117. The van der Waals surface area contributed by atoms with E-state index in [0.29, 0.717) is 18.8 Å². The van der Waals surface area contributed by atoms with Crippen molar-refractivity contribution < 1.29 is 9.59 Å². The molecule has 0 bridgehead atoms. The number of carbonyl (C=O) groups excluding carboxylic acids is 2. The lowest BCUT2D eigenvalue weighted by atomic mass is 10.0. The van der Waals surface area contributed by atoms with Crippen molar-refractivity contribution in [2.24, 2.45) is 0 Å². The Balaban J connectivity index is 1.73. The Morgan fingerprint density at radius 1 is 1.21 bits per heavy atom. The Morgan fingerprint density at radius 2 is 1.96 bits per heavy atom. The zero-order chi connectivity index (χ0) is 17.3. The second kappa shape index (κ2) is 6.48. The van der Waals surface area contributed by atoms with Gasteiger partial charge in [0.25, 0.3) is 0 Å². The van der Waals surface area contributed by atoms with Crippen LogP contribution in [-0.4, -0.2) is 18.9 Å². The Morgan fingerprint density at radius 3 is 2.71 bits per heavy atom. The van der Waals surface area contributed by atoms with Crippen LogP contribution >= 0.6 is 0 Å². The minimum atomic E-state index is -0.0410. The lowest BCUT2D eigenvalue weighted by Gasteiger charge is -2.14. The van der Waals surface area contributed by atoms with Crippen LogP contribution in [0.15, 0.2) is 42.5 Å². The van der Waals surface area contributed by atoms with E-state index in [1.54, 1.807) is 11.9 Å². The van der Waals surface area contributed by atoms with Gasteiger partial charge >= 0.3 is 0 Å². The fourth-order valence-corrected chi connectivity index (χ4v) is 3.13. The van der Waals surface area contributed by atoms with Gasteiger partial charge in [0.05, 0.1) is 12.8 Å². The molecule has 0 aromatic heterocycles. The molecule has 0 saturated heterocycles. The number of carbonyl (C=O) groups is 2. The third-order valence-corrected chi connectivity index (χ3v) is 4.44. The molecule has 4 heteroatoms. The summed E-state index contributed by atoms with van der Waals surface area (Å²) >= 11 is 0. The molecule has 0 atom stereocenters. The molecule has 2 amide bonds. The number of likely N-dealkylation sites (N-methyl/N-ethyl adjacent to an activating group) is 1. The van der Waals surface area contributed by atoms with E-state index in [4.69, 9.17) is 0 Å². The topological polar surface area (TPSA) is 49.4 Å². The Bertz CT molecular complexity index is 796. The van der Waals surface area contributed by atoms with Gasteiger partial charge in [-0.05, 0) is 34.7 Å². The van der Waals surface area contributed by atoms with Crippen molar-refractivity contribution in [1.82, 2.24) is 0 Å². The third-order valence-electron chi connectivity index (χ3n) is 4.44. The van der Waals surface area contributed by atoms with Crippen LogP contribution in [0.4, 0.5) is 11.4 Å². The van der Waals surface area contributed by atoms with Gasteiger partial charge in [-0.2, -0.15) is 0 Å². The highest BCUT2D eigenvalue weighted by molar-refractivity contribution is 6.01. The number of benzene rings is 2. The number of nitrogens with zero attached hydrogens (tertiary/aromatic N) is 1. The number of para-hydroxylation sites is 1. The molecule has 3 rings (SSSR count). The summed E-state index contributed by atoms with van der Waals surface area (Å²) in [7, 11) is 1.78. The van der Waals surface area contributed by atoms with E-state index in [-0.39, 0.29) is 11.8 Å². The fourth-order valence-electron chi connectivity index (χ4n) is 3.13. The van der Waals surface area contributed by atoms with Crippen LogP contribution in [0.3, 0.4) is 0 Å². The maximum atomic E-state index is 12.4. The largest absolute Gasteiger partial charge is 0.326 e. The maximum Gasteiger partial charge on any atom is 0.231 e. The average molecular weight is 322 g/mol. The van der Waals surface area contributed by atoms with Crippen molar-refractivity contribution in [2.75, 3.05) is 17.3 Å². The van der Waals surface area contributed by atoms with E-state index >= 15 is 0 Å². The summed E-state index contributed by atoms with van der Waals surface area (Å²) < 4.78 is 0. The summed E-state index contributed by atoms with van der Waals surface area (Å²) in [5, 5.41) is 3.01. The monoisotopic (exact) mass is 322 g/mol. The van der Waals surface area contributed by atoms with Gasteiger partial charge in [-0.1, -0.05) is 44.2 Å². The summed E-state index contributed by atoms with van der Waals surface area (Å²) in [5.41, 5.74) is 4.86.